The van der Waals surface area contributed by atoms with Gasteiger partial charge in [0, 0.05) is 13.3 Å². The highest BCUT2D eigenvalue weighted by molar-refractivity contribution is 4.88. The van der Waals surface area contributed by atoms with Crippen LogP contribution in [0.3, 0.4) is 0 Å². The second kappa shape index (κ2) is 3.68. The van der Waals surface area contributed by atoms with E-state index in [1.54, 1.807) is 0 Å². The maximum absolute atomic E-state index is 9.21. The molecule has 1 unspecified atom stereocenters. The van der Waals surface area contributed by atoms with Crippen LogP contribution < -0.4 is 16.0 Å². The lowest BCUT2D eigenvalue weighted by atomic mass is 10.2. The smallest absolute Gasteiger partial charge is 0.100 e. The number of nitrogens with one attached hydrogen (secondary N) is 3. The van der Waals surface area contributed by atoms with Gasteiger partial charge >= 0.3 is 0 Å². The van der Waals surface area contributed by atoms with Gasteiger partial charge in [0.25, 0.3) is 0 Å². The zero-order valence-corrected chi connectivity index (χ0v) is 5.80. The van der Waals surface area contributed by atoms with E-state index in [4.69, 9.17) is 0 Å². The number of aliphatic hydroxyl groups excluding tert-OH is 1. The largest absolute Gasteiger partial charge is 0.386 e. The third kappa shape index (κ3) is 1.78. The van der Waals surface area contributed by atoms with Gasteiger partial charge in [-0.3, -0.25) is 16.0 Å². The molecule has 4 heteroatoms. The Balaban J connectivity index is 2.30. The van der Waals surface area contributed by atoms with Gasteiger partial charge in [-0.15, -0.1) is 6.58 Å². The minimum absolute atomic E-state index is 0.0567. The van der Waals surface area contributed by atoms with Crippen LogP contribution in [0.15, 0.2) is 12.7 Å². The highest BCUT2D eigenvalue weighted by Gasteiger charge is 2.16. The molecule has 10 heavy (non-hydrogen) atoms. The first-order valence-electron chi connectivity index (χ1n) is 3.32. The lowest BCUT2D eigenvalue weighted by Crippen LogP contribution is -2.60. The summed E-state index contributed by atoms with van der Waals surface area (Å²) in [5.41, 5.74) is 0. The summed E-state index contributed by atoms with van der Waals surface area (Å²) in [6.45, 7) is 4.93. The molecule has 4 nitrogen and oxygen atoms in total. The summed E-state index contributed by atoms with van der Waals surface area (Å²) in [5.74, 6) is 0. The van der Waals surface area contributed by atoms with Gasteiger partial charge in [-0.05, 0) is 0 Å². The molecule has 1 fully saturated rings. The van der Waals surface area contributed by atoms with Crippen LogP contribution in [0, 0.1) is 0 Å². The average molecular weight is 143 g/mol. The minimum atomic E-state index is -0.512. The van der Waals surface area contributed by atoms with Crippen molar-refractivity contribution in [3.63, 3.8) is 0 Å². The summed E-state index contributed by atoms with van der Waals surface area (Å²) < 4.78 is 0. The topological polar surface area (TPSA) is 56.3 Å². The monoisotopic (exact) mass is 143 g/mol. The first-order chi connectivity index (χ1) is 4.84. The van der Waals surface area contributed by atoms with Crippen LogP contribution in [0.25, 0.3) is 0 Å². The minimum Gasteiger partial charge on any atom is -0.386 e. The van der Waals surface area contributed by atoms with Crippen LogP contribution >= 0.6 is 0 Å². The molecular formula is C6H13N3O. The Hall–Kier alpha value is -0.420. The first-order valence-corrected chi connectivity index (χ1v) is 3.32. The average Bonchev–Trinajstić information content (AvgIpc) is 2.05. The van der Waals surface area contributed by atoms with Crippen LogP contribution in [0.5, 0.6) is 0 Å². The summed E-state index contributed by atoms with van der Waals surface area (Å²) >= 11 is 0. The Bertz CT molecular complexity index is 112. The van der Waals surface area contributed by atoms with Gasteiger partial charge in [-0.1, -0.05) is 6.08 Å². The number of hydrogen-bond acceptors (Lipinski definition) is 4. The molecule has 4 N–H and O–H groups in total. The van der Waals surface area contributed by atoms with Crippen LogP contribution in [-0.2, 0) is 0 Å². The fraction of sp³-hybridized carbons (Fsp3) is 0.667. The molecule has 1 aliphatic rings. The van der Waals surface area contributed by atoms with E-state index in [2.05, 4.69) is 22.5 Å². The summed E-state index contributed by atoms with van der Waals surface area (Å²) in [5, 5.41) is 18.3. The normalized spacial score (nSPS) is 24.1. The second-order valence-corrected chi connectivity index (χ2v) is 2.22. The standard InChI is InChI=1S/C6H13N3O/c1-2-5(10)6-8-3-7-4-9-6/h2,5-10H,1,3-4H2. The van der Waals surface area contributed by atoms with Crippen LogP contribution in [0.4, 0.5) is 0 Å². The van der Waals surface area contributed by atoms with Crippen molar-refractivity contribution in [1.82, 2.24) is 16.0 Å². The predicted octanol–water partition coefficient (Wildman–Crippen LogP) is -1.44. The second-order valence-electron chi connectivity index (χ2n) is 2.22. The molecule has 58 valence electrons. The molecule has 0 aromatic carbocycles. The van der Waals surface area contributed by atoms with Crippen LogP contribution in [0.1, 0.15) is 0 Å². The van der Waals surface area contributed by atoms with Crippen molar-refractivity contribution in [2.24, 2.45) is 0 Å². The lowest BCUT2D eigenvalue weighted by molar-refractivity contribution is 0.135. The van der Waals surface area contributed by atoms with Crippen molar-refractivity contribution in [2.45, 2.75) is 12.3 Å². The Morgan fingerprint density at radius 1 is 1.50 bits per heavy atom. The zero-order chi connectivity index (χ0) is 7.40. The summed E-state index contributed by atoms with van der Waals surface area (Å²) in [6.07, 6.45) is 0.941. The van der Waals surface area contributed by atoms with Crippen molar-refractivity contribution in [2.75, 3.05) is 13.3 Å². The summed E-state index contributed by atoms with van der Waals surface area (Å²) in [4.78, 5) is 0. The van der Waals surface area contributed by atoms with Crippen LogP contribution in [0.2, 0.25) is 0 Å². The molecule has 0 bridgehead atoms. The van der Waals surface area contributed by atoms with Crippen LogP contribution in [-0.4, -0.2) is 30.7 Å². The van der Waals surface area contributed by atoms with Crippen molar-refractivity contribution >= 4 is 0 Å². The fourth-order valence-electron chi connectivity index (χ4n) is 0.876. The van der Waals surface area contributed by atoms with Gasteiger partial charge in [0.05, 0.1) is 6.17 Å². The lowest BCUT2D eigenvalue weighted by Gasteiger charge is -2.28. The number of hydrogen-bond donors (Lipinski definition) is 4. The molecule has 0 aromatic heterocycles. The van der Waals surface area contributed by atoms with E-state index in [9.17, 15) is 5.11 Å². The van der Waals surface area contributed by atoms with Crippen molar-refractivity contribution < 1.29 is 5.11 Å². The molecule has 0 aliphatic carbocycles. The number of rotatable bonds is 2. The Morgan fingerprint density at radius 2 is 2.10 bits per heavy atom. The molecule has 1 saturated heterocycles. The molecule has 0 spiro atoms. The van der Waals surface area contributed by atoms with Gasteiger partial charge in [0.15, 0.2) is 0 Å². The van der Waals surface area contributed by atoms with E-state index < -0.39 is 6.10 Å². The molecule has 0 amide bonds. The van der Waals surface area contributed by atoms with Crippen molar-refractivity contribution in [3.05, 3.63) is 12.7 Å². The Kier molecular flexibility index (Phi) is 2.82. The summed E-state index contributed by atoms with van der Waals surface area (Å²) in [7, 11) is 0. The van der Waals surface area contributed by atoms with Gasteiger partial charge in [0.1, 0.15) is 6.10 Å². The maximum atomic E-state index is 9.21. The number of aliphatic hydroxyl groups is 1. The van der Waals surface area contributed by atoms with E-state index in [0.29, 0.717) is 0 Å². The van der Waals surface area contributed by atoms with Gasteiger partial charge < -0.3 is 5.11 Å². The van der Waals surface area contributed by atoms with E-state index >= 15 is 0 Å². The Labute approximate surface area is 60.3 Å². The molecule has 1 aliphatic heterocycles. The maximum Gasteiger partial charge on any atom is 0.100 e. The van der Waals surface area contributed by atoms with Crippen molar-refractivity contribution in [3.8, 4) is 0 Å². The quantitative estimate of drug-likeness (QED) is 0.357. The molecule has 1 heterocycles. The molecule has 0 aromatic rings. The highest BCUT2D eigenvalue weighted by Crippen LogP contribution is 1.91. The SMILES string of the molecule is C=CC(O)C1NCNCN1. The zero-order valence-electron chi connectivity index (χ0n) is 5.80. The summed E-state index contributed by atoms with van der Waals surface area (Å²) in [6, 6.07) is 0. The predicted molar refractivity (Wildman–Crippen MR) is 39.1 cm³/mol. The molecule has 0 saturated carbocycles. The first kappa shape index (κ1) is 7.68. The molecule has 0 radical (unpaired) electrons. The van der Waals surface area contributed by atoms with E-state index in [0.717, 1.165) is 13.3 Å². The van der Waals surface area contributed by atoms with Gasteiger partial charge in [-0.2, -0.15) is 0 Å². The molecular weight excluding hydrogens is 130 g/mol. The van der Waals surface area contributed by atoms with Crippen molar-refractivity contribution in [1.29, 1.82) is 0 Å². The van der Waals surface area contributed by atoms with Gasteiger partial charge in [-0.25, -0.2) is 0 Å². The fourth-order valence-corrected chi connectivity index (χ4v) is 0.876. The van der Waals surface area contributed by atoms with E-state index in [1.807, 2.05) is 0 Å². The van der Waals surface area contributed by atoms with Gasteiger partial charge in [0.2, 0.25) is 0 Å². The van der Waals surface area contributed by atoms with E-state index in [1.165, 1.54) is 6.08 Å². The highest BCUT2D eigenvalue weighted by atomic mass is 16.3. The Morgan fingerprint density at radius 3 is 2.60 bits per heavy atom. The molecule has 1 rings (SSSR count). The van der Waals surface area contributed by atoms with E-state index in [-0.39, 0.29) is 6.17 Å². The third-order valence-electron chi connectivity index (χ3n) is 1.48. The third-order valence-corrected chi connectivity index (χ3v) is 1.48. The molecule has 1 atom stereocenters.